The summed E-state index contributed by atoms with van der Waals surface area (Å²) in [6.07, 6.45) is -4.41. The Bertz CT molecular complexity index is 135. The average Bonchev–Trinajstić information content (AvgIpc) is 2.02. The largest absolute Gasteiger partial charge is 0.390 e. The maximum absolute atomic E-state index is 9.85. The van der Waals surface area contributed by atoms with E-state index in [1.165, 1.54) is 0 Å². The molecule has 0 aromatic carbocycles. The molecule has 0 aromatic rings. The molecule has 3 unspecified atom stereocenters. The third-order valence-electron chi connectivity index (χ3n) is 1.22. The van der Waals surface area contributed by atoms with E-state index in [4.69, 9.17) is 15.3 Å². The minimum Gasteiger partial charge on any atom is -0.390 e. The molecule has 0 saturated carbocycles. The van der Waals surface area contributed by atoms with Crippen molar-refractivity contribution in [3.63, 3.8) is 0 Å². The van der Waals surface area contributed by atoms with E-state index in [1.54, 1.807) is 0 Å². The van der Waals surface area contributed by atoms with E-state index in [1.807, 2.05) is 0 Å². The summed E-state index contributed by atoms with van der Waals surface area (Å²) in [5.74, 6) is 0. The van der Waals surface area contributed by atoms with Crippen molar-refractivity contribution in [2.24, 2.45) is 0 Å². The van der Waals surface area contributed by atoms with Gasteiger partial charge in [0.05, 0.1) is 6.10 Å². The van der Waals surface area contributed by atoms with Crippen LogP contribution < -0.4 is 0 Å². The molecule has 5 heteroatoms. The fourth-order valence-electron chi connectivity index (χ4n) is 0.546. The lowest BCUT2D eigenvalue weighted by Crippen LogP contribution is -2.38. The second-order valence-corrected chi connectivity index (χ2v) is 2.09. The zero-order chi connectivity index (χ0) is 8.85. The SMILES string of the molecule is O=CCC(O)C(O)C(O)C=O. The van der Waals surface area contributed by atoms with Gasteiger partial charge >= 0.3 is 0 Å². The number of aliphatic hydroxyl groups is 3. The molecule has 0 aromatic heterocycles. The van der Waals surface area contributed by atoms with Crippen LogP contribution in [-0.4, -0.2) is 46.2 Å². The van der Waals surface area contributed by atoms with Gasteiger partial charge in [-0.05, 0) is 0 Å². The Balaban J connectivity index is 3.88. The number of carbonyl (C=O) groups is 2. The fourth-order valence-corrected chi connectivity index (χ4v) is 0.546. The third kappa shape index (κ3) is 3.22. The molecule has 3 atom stereocenters. The van der Waals surface area contributed by atoms with Crippen molar-refractivity contribution in [2.45, 2.75) is 24.7 Å². The predicted molar refractivity (Wildman–Crippen MR) is 34.8 cm³/mol. The van der Waals surface area contributed by atoms with Gasteiger partial charge < -0.3 is 24.9 Å². The van der Waals surface area contributed by atoms with Crippen molar-refractivity contribution >= 4 is 12.6 Å². The quantitative estimate of drug-likeness (QED) is 0.401. The van der Waals surface area contributed by atoms with Gasteiger partial charge in [-0.3, -0.25) is 0 Å². The first kappa shape index (κ1) is 10.2. The molecule has 0 aliphatic carbocycles. The molecule has 5 nitrogen and oxygen atoms in total. The van der Waals surface area contributed by atoms with E-state index in [9.17, 15) is 9.59 Å². The Hall–Kier alpha value is -0.780. The average molecular weight is 162 g/mol. The molecule has 11 heavy (non-hydrogen) atoms. The summed E-state index contributed by atoms with van der Waals surface area (Å²) in [6, 6.07) is 0. The van der Waals surface area contributed by atoms with Gasteiger partial charge in [-0.25, -0.2) is 0 Å². The Kier molecular flexibility index (Phi) is 4.60. The van der Waals surface area contributed by atoms with E-state index in [-0.39, 0.29) is 12.7 Å². The molecule has 0 aliphatic rings. The van der Waals surface area contributed by atoms with Crippen LogP contribution in [0.3, 0.4) is 0 Å². The van der Waals surface area contributed by atoms with Gasteiger partial charge in [-0.15, -0.1) is 0 Å². The van der Waals surface area contributed by atoms with Gasteiger partial charge in [0, 0.05) is 6.42 Å². The zero-order valence-electron chi connectivity index (χ0n) is 5.75. The van der Waals surface area contributed by atoms with Gasteiger partial charge in [0.25, 0.3) is 0 Å². The minimum atomic E-state index is -1.63. The van der Waals surface area contributed by atoms with Crippen LogP contribution in [0, 0.1) is 0 Å². The lowest BCUT2D eigenvalue weighted by molar-refractivity contribution is -0.128. The van der Waals surface area contributed by atoms with Crippen LogP contribution in [-0.2, 0) is 9.59 Å². The molecule has 0 fully saturated rings. The molecule has 0 amide bonds. The van der Waals surface area contributed by atoms with E-state index in [0.717, 1.165) is 0 Å². The number of hydrogen-bond donors (Lipinski definition) is 3. The summed E-state index contributed by atoms with van der Waals surface area (Å²) >= 11 is 0. The predicted octanol–water partition coefficient (Wildman–Crippen LogP) is -2.14. The molecule has 0 bridgehead atoms. The van der Waals surface area contributed by atoms with Crippen LogP contribution in [0.1, 0.15) is 6.42 Å². The summed E-state index contributed by atoms with van der Waals surface area (Å²) in [7, 11) is 0. The summed E-state index contributed by atoms with van der Waals surface area (Å²) in [5.41, 5.74) is 0. The molecule has 0 radical (unpaired) electrons. The number of aliphatic hydroxyl groups excluding tert-OH is 3. The summed E-state index contributed by atoms with van der Waals surface area (Å²) in [6.45, 7) is 0. The standard InChI is InChI=1S/C6H10O5/c7-2-1-4(9)6(11)5(10)3-8/h2-6,9-11H,1H2. The van der Waals surface area contributed by atoms with Crippen molar-refractivity contribution in [2.75, 3.05) is 0 Å². The van der Waals surface area contributed by atoms with Crippen LogP contribution in [0.15, 0.2) is 0 Å². The molecular weight excluding hydrogens is 152 g/mol. The van der Waals surface area contributed by atoms with Crippen molar-refractivity contribution in [1.29, 1.82) is 0 Å². The first-order valence-corrected chi connectivity index (χ1v) is 3.06. The molecular formula is C6H10O5. The maximum Gasteiger partial charge on any atom is 0.151 e. The molecule has 64 valence electrons. The van der Waals surface area contributed by atoms with Crippen molar-refractivity contribution in [3.8, 4) is 0 Å². The van der Waals surface area contributed by atoms with Gasteiger partial charge in [0.15, 0.2) is 6.29 Å². The lowest BCUT2D eigenvalue weighted by atomic mass is 10.1. The van der Waals surface area contributed by atoms with E-state index in [0.29, 0.717) is 6.29 Å². The number of carbonyl (C=O) groups excluding carboxylic acids is 2. The fraction of sp³-hybridized carbons (Fsp3) is 0.667. The van der Waals surface area contributed by atoms with Crippen LogP contribution in [0.25, 0.3) is 0 Å². The molecule has 0 aliphatic heterocycles. The monoisotopic (exact) mass is 162 g/mol. The molecule has 3 N–H and O–H groups in total. The molecule has 0 heterocycles. The Morgan fingerprint density at radius 2 is 1.73 bits per heavy atom. The minimum absolute atomic E-state index is 0.0959. The highest BCUT2D eigenvalue weighted by Gasteiger charge is 2.23. The van der Waals surface area contributed by atoms with Crippen LogP contribution in [0.4, 0.5) is 0 Å². The van der Waals surface area contributed by atoms with Crippen LogP contribution >= 0.6 is 0 Å². The van der Waals surface area contributed by atoms with Crippen LogP contribution in [0.2, 0.25) is 0 Å². The second-order valence-electron chi connectivity index (χ2n) is 2.09. The van der Waals surface area contributed by atoms with E-state index >= 15 is 0 Å². The van der Waals surface area contributed by atoms with Gasteiger partial charge in [-0.2, -0.15) is 0 Å². The topological polar surface area (TPSA) is 94.8 Å². The van der Waals surface area contributed by atoms with Crippen molar-refractivity contribution in [3.05, 3.63) is 0 Å². The van der Waals surface area contributed by atoms with Crippen molar-refractivity contribution < 1.29 is 24.9 Å². The first-order valence-electron chi connectivity index (χ1n) is 3.06. The molecule has 0 spiro atoms. The van der Waals surface area contributed by atoms with Crippen molar-refractivity contribution in [1.82, 2.24) is 0 Å². The first-order chi connectivity index (χ1) is 5.13. The van der Waals surface area contributed by atoms with Gasteiger partial charge in [-0.1, -0.05) is 0 Å². The Morgan fingerprint density at radius 1 is 1.18 bits per heavy atom. The lowest BCUT2D eigenvalue weighted by Gasteiger charge is -2.16. The van der Waals surface area contributed by atoms with Crippen LogP contribution in [0.5, 0.6) is 0 Å². The van der Waals surface area contributed by atoms with Gasteiger partial charge in [0.1, 0.15) is 18.5 Å². The summed E-state index contributed by atoms with van der Waals surface area (Å²) < 4.78 is 0. The second kappa shape index (κ2) is 4.95. The smallest absolute Gasteiger partial charge is 0.151 e. The molecule has 0 saturated heterocycles. The highest BCUT2D eigenvalue weighted by Crippen LogP contribution is 2.00. The highest BCUT2D eigenvalue weighted by molar-refractivity contribution is 5.57. The molecule has 0 rings (SSSR count). The van der Waals surface area contributed by atoms with E-state index < -0.39 is 18.3 Å². The number of hydrogen-bond acceptors (Lipinski definition) is 5. The number of rotatable bonds is 5. The normalized spacial score (nSPS) is 18.5. The maximum atomic E-state index is 9.85. The Morgan fingerprint density at radius 3 is 2.09 bits per heavy atom. The summed E-state index contributed by atoms with van der Waals surface area (Å²) in [4.78, 5) is 19.6. The third-order valence-corrected chi connectivity index (χ3v) is 1.22. The highest BCUT2D eigenvalue weighted by atomic mass is 16.4. The Labute approximate surface area is 63.3 Å². The van der Waals surface area contributed by atoms with E-state index in [2.05, 4.69) is 0 Å². The number of aldehydes is 2. The van der Waals surface area contributed by atoms with Gasteiger partial charge in [0.2, 0.25) is 0 Å². The zero-order valence-corrected chi connectivity index (χ0v) is 5.75. The summed E-state index contributed by atoms with van der Waals surface area (Å²) in [5, 5.41) is 26.3.